The molecule has 0 aromatic heterocycles. The largest absolute Gasteiger partial charge is 0.491 e. The molecule has 0 N–H and O–H groups in total. The van der Waals surface area contributed by atoms with Crippen molar-refractivity contribution in [2.45, 2.75) is 70.3 Å². The molecule has 42 heavy (non-hydrogen) atoms. The summed E-state index contributed by atoms with van der Waals surface area (Å²) in [6, 6.07) is 11.6. The van der Waals surface area contributed by atoms with Crippen molar-refractivity contribution < 1.29 is 18.5 Å². The summed E-state index contributed by atoms with van der Waals surface area (Å²) in [4.78, 5) is 15.6. The predicted octanol–water partition coefficient (Wildman–Crippen LogP) is 8.18. The quantitative estimate of drug-likeness (QED) is 0.200. The number of fused-ring (bicyclic) bond motifs is 2. The number of nitrogens with zero attached hydrogens (tertiary/aromatic N) is 2. The molecule has 0 unspecified atom stereocenters. The lowest BCUT2D eigenvalue weighted by molar-refractivity contribution is 0.0137. The van der Waals surface area contributed by atoms with Crippen molar-refractivity contribution in [3.63, 3.8) is 0 Å². The van der Waals surface area contributed by atoms with Gasteiger partial charge in [0.2, 0.25) is 0 Å². The molecular weight excluding hydrogens is 568 g/mol. The molecule has 1 heterocycles. The Hall–Kier alpha value is -2.61. The van der Waals surface area contributed by atoms with Crippen LogP contribution >= 0.6 is 11.6 Å². The molecule has 2 aromatic carbocycles. The number of halogens is 1. The second-order valence-electron chi connectivity index (χ2n) is 11.6. The number of rotatable bonds is 10. The van der Waals surface area contributed by atoms with Gasteiger partial charge in [-0.1, -0.05) is 54.8 Å². The van der Waals surface area contributed by atoms with Crippen LogP contribution in [0.3, 0.4) is 0 Å². The Balaban J connectivity index is 1.73. The van der Waals surface area contributed by atoms with Crippen molar-refractivity contribution in [2.24, 2.45) is 22.1 Å². The van der Waals surface area contributed by atoms with Crippen LogP contribution in [0.2, 0.25) is 5.02 Å². The number of ether oxygens (including phenoxy) is 2. The number of benzene rings is 2. The first-order valence-corrected chi connectivity index (χ1v) is 16.5. The van der Waals surface area contributed by atoms with Gasteiger partial charge in [-0.2, -0.15) is 10.6 Å². The molecule has 5 atom stereocenters. The molecule has 2 aliphatic rings. The normalized spacial score (nSPS) is 21.8. The summed E-state index contributed by atoms with van der Waals surface area (Å²) >= 11 is 6.41. The van der Waals surface area contributed by atoms with E-state index in [0.29, 0.717) is 37.0 Å². The first-order valence-electron chi connectivity index (χ1n) is 15.0. The number of aryl methyl sites for hydroxylation is 1. The summed E-state index contributed by atoms with van der Waals surface area (Å²) in [5.74, 6) is 1.13. The van der Waals surface area contributed by atoms with E-state index in [9.17, 15) is 9.00 Å². The standard InChI is InChI=1S/C34H44ClN2O4S/c1-6-10-23(3)24(4)42(39)36-34(38)26-14-17-33-31(20-26)37(22-28-13-16-30(28)32(7-2)40-5)21-27-12-15-29(35)19-25(27)11-8-9-18-41-33/h6-7,12,14-15,17,19-20,23-24,28,30,32H,1-2,8-11,13,16,18,21-22H2,3-5H3/q-1/t23-,24+,28-,30+,32-/m0/s1. The van der Waals surface area contributed by atoms with Crippen molar-refractivity contribution in [3.8, 4) is 5.75 Å². The van der Waals surface area contributed by atoms with Gasteiger partial charge in [0.25, 0.3) is 5.91 Å². The fraction of sp³-hybridized carbons (Fsp3) is 0.500. The summed E-state index contributed by atoms with van der Waals surface area (Å²) < 4.78 is 29.1. The molecule has 8 heteroatoms. The average Bonchev–Trinajstić information content (AvgIpc) is 3.00. The van der Waals surface area contributed by atoms with Gasteiger partial charge in [0.1, 0.15) is 5.75 Å². The molecule has 228 valence electrons. The summed E-state index contributed by atoms with van der Waals surface area (Å²) in [5.41, 5.74) is 3.69. The molecule has 1 aliphatic heterocycles. The van der Waals surface area contributed by atoms with Crippen LogP contribution in [-0.4, -0.2) is 37.5 Å². The van der Waals surface area contributed by atoms with Crippen molar-refractivity contribution >= 4 is 33.8 Å². The molecule has 1 aliphatic carbocycles. The van der Waals surface area contributed by atoms with E-state index in [2.05, 4.69) is 34.6 Å². The van der Waals surface area contributed by atoms with Gasteiger partial charge in [0, 0.05) is 30.8 Å². The second-order valence-corrected chi connectivity index (χ2v) is 13.5. The molecule has 6 nitrogen and oxygen atoms in total. The highest BCUT2D eigenvalue weighted by Gasteiger charge is 2.37. The third-order valence-electron chi connectivity index (χ3n) is 8.86. The number of anilines is 1. The molecule has 4 rings (SSSR count). The minimum Gasteiger partial charge on any atom is -0.491 e. The lowest BCUT2D eigenvalue weighted by atomic mass is 9.70. The second kappa shape index (κ2) is 15.2. The van der Waals surface area contributed by atoms with E-state index in [0.717, 1.165) is 55.1 Å². The summed E-state index contributed by atoms with van der Waals surface area (Å²) in [7, 11) is 0.0889. The van der Waals surface area contributed by atoms with Crippen LogP contribution in [0.4, 0.5) is 5.69 Å². The van der Waals surface area contributed by atoms with Crippen molar-refractivity contribution in [1.29, 1.82) is 0 Å². The Bertz CT molecular complexity index is 1360. The summed E-state index contributed by atoms with van der Waals surface area (Å²) in [6.07, 6.45) is 9.42. The van der Waals surface area contributed by atoms with Crippen molar-refractivity contribution in [1.82, 2.24) is 0 Å². The predicted molar refractivity (Wildman–Crippen MR) is 173 cm³/mol. The van der Waals surface area contributed by atoms with E-state index >= 15 is 0 Å². The third kappa shape index (κ3) is 7.86. The number of amides is 1. The zero-order valence-corrected chi connectivity index (χ0v) is 26.7. The van der Waals surface area contributed by atoms with Crippen LogP contribution in [0.15, 0.2) is 66.1 Å². The Kier molecular flexibility index (Phi) is 11.7. The smallest absolute Gasteiger partial charge is 0.254 e. The zero-order valence-electron chi connectivity index (χ0n) is 25.1. The molecule has 1 saturated carbocycles. The maximum atomic E-state index is 13.3. The van der Waals surface area contributed by atoms with Crippen molar-refractivity contribution in [2.75, 3.05) is 25.2 Å². The van der Waals surface area contributed by atoms with E-state index < -0.39 is 16.5 Å². The Morgan fingerprint density at radius 2 is 2.00 bits per heavy atom. The van der Waals surface area contributed by atoms with E-state index in [4.69, 9.17) is 21.1 Å². The van der Waals surface area contributed by atoms with E-state index in [1.54, 1.807) is 19.3 Å². The van der Waals surface area contributed by atoms with Gasteiger partial charge in [-0.25, -0.2) is 0 Å². The highest BCUT2D eigenvalue weighted by Crippen LogP contribution is 2.42. The number of carbonyl (C=O) groups is 1. The number of hydrogen-bond donors (Lipinski definition) is 0. The maximum absolute atomic E-state index is 13.3. The number of carbonyl (C=O) groups excluding carboxylic acids is 1. The molecule has 0 bridgehead atoms. The minimum absolute atomic E-state index is 0.00154. The maximum Gasteiger partial charge on any atom is 0.254 e. The molecule has 0 radical (unpaired) electrons. The molecule has 0 saturated heterocycles. The molecular formula is C34H44ClN2O4S-. The van der Waals surface area contributed by atoms with Gasteiger partial charge in [0.15, 0.2) is 0 Å². The minimum atomic E-state index is -1.65. The fourth-order valence-corrected chi connectivity index (χ4v) is 7.05. The first-order chi connectivity index (χ1) is 20.2. The van der Waals surface area contributed by atoms with E-state index in [1.807, 2.05) is 38.1 Å². The first kappa shape index (κ1) is 32.3. The fourth-order valence-electron chi connectivity index (χ4n) is 5.91. The van der Waals surface area contributed by atoms with Gasteiger partial charge in [-0.3, -0.25) is 4.79 Å². The number of allylic oxidation sites excluding steroid dienone is 1. The van der Waals surface area contributed by atoms with Crippen molar-refractivity contribution in [3.05, 3.63) is 83.4 Å². The monoisotopic (exact) mass is 611 g/mol. The van der Waals surface area contributed by atoms with Crippen LogP contribution in [0.5, 0.6) is 5.75 Å². The molecule has 1 amide bonds. The van der Waals surface area contributed by atoms with Crippen LogP contribution < -0.4 is 9.64 Å². The van der Waals surface area contributed by atoms with E-state index in [-0.39, 0.29) is 17.3 Å². The van der Waals surface area contributed by atoms with Crippen LogP contribution in [0.1, 0.15) is 67.4 Å². The SMILES string of the molecule is C=CC[C@H](C)[C@@H](C)[S-](=O)=NC(=O)c1ccc2c(c1)N(C[C@@H]1CC[C@H]1[C@H](C=C)OC)Cc1ccc(Cl)cc1CCCCO2. The summed E-state index contributed by atoms with van der Waals surface area (Å²) in [6.45, 7) is 13.6. The van der Waals surface area contributed by atoms with E-state index in [1.165, 1.54) is 11.1 Å². The highest BCUT2D eigenvalue weighted by atomic mass is 35.5. The van der Waals surface area contributed by atoms with Gasteiger partial charge >= 0.3 is 0 Å². The van der Waals surface area contributed by atoms with Crippen LogP contribution in [0, 0.1) is 17.8 Å². The Morgan fingerprint density at radius 3 is 2.69 bits per heavy atom. The van der Waals surface area contributed by atoms with Gasteiger partial charge in [0.05, 0.1) is 18.4 Å². The third-order valence-corrected chi connectivity index (χ3v) is 10.5. The topological polar surface area (TPSA) is 68.2 Å². The molecule has 2 aromatic rings. The van der Waals surface area contributed by atoms with Gasteiger partial charge in [-0.05, 0) is 91.8 Å². The molecule has 1 fully saturated rings. The lowest BCUT2D eigenvalue weighted by Gasteiger charge is -2.43. The Morgan fingerprint density at radius 1 is 1.19 bits per heavy atom. The lowest BCUT2D eigenvalue weighted by Crippen LogP contribution is -2.43. The zero-order chi connectivity index (χ0) is 30.2. The average molecular weight is 612 g/mol. The number of methoxy groups -OCH3 is 1. The number of hydrogen-bond acceptors (Lipinski definition) is 6. The highest BCUT2D eigenvalue weighted by molar-refractivity contribution is 7.75. The van der Waals surface area contributed by atoms with Gasteiger partial charge in [-0.15, -0.1) is 13.2 Å². The molecule has 0 spiro atoms. The summed E-state index contributed by atoms with van der Waals surface area (Å²) in [5, 5.41) is 0.475. The van der Waals surface area contributed by atoms with Crippen LogP contribution in [-0.2, 0) is 32.5 Å². The Labute approximate surface area is 258 Å². The van der Waals surface area contributed by atoms with Crippen LogP contribution in [0.25, 0.3) is 0 Å². The van der Waals surface area contributed by atoms with Gasteiger partial charge < -0.3 is 22.9 Å².